The lowest BCUT2D eigenvalue weighted by atomic mass is 9.98. The number of benzene rings is 1. The molecule has 1 aromatic carbocycles. The average molecular weight is 353 g/mol. The molecule has 1 aromatic heterocycles. The smallest absolute Gasteiger partial charge is 0.220 e. The molecule has 1 heterocycles. The van der Waals surface area contributed by atoms with Gasteiger partial charge in [-0.15, -0.1) is 0 Å². The van der Waals surface area contributed by atoms with Gasteiger partial charge in [0.15, 0.2) is 0 Å². The van der Waals surface area contributed by atoms with Crippen molar-refractivity contribution in [2.75, 3.05) is 6.54 Å². The monoisotopic (exact) mass is 352 g/mol. The predicted molar refractivity (Wildman–Crippen MR) is 91.7 cm³/mol. The van der Waals surface area contributed by atoms with Crippen molar-refractivity contribution >= 4 is 29.1 Å². The van der Waals surface area contributed by atoms with Crippen molar-refractivity contribution in [3.05, 3.63) is 63.9 Å². The van der Waals surface area contributed by atoms with Crippen LogP contribution >= 0.6 is 23.2 Å². The van der Waals surface area contributed by atoms with Gasteiger partial charge in [-0.25, -0.2) is 0 Å². The van der Waals surface area contributed by atoms with Crippen LogP contribution in [0.3, 0.4) is 0 Å². The number of hydrogen-bond acceptors (Lipinski definition) is 3. The van der Waals surface area contributed by atoms with Gasteiger partial charge in [-0.05, 0) is 35.7 Å². The first-order chi connectivity index (χ1) is 11.0. The lowest BCUT2D eigenvalue weighted by Crippen LogP contribution is -2.29. The number of aliphatic hydroxyl groups is 1. The fourth-order valence-corrected chi connectivity index (χ4v) is 2.79. The summed E-state index contributed by atoms with van der Waals surface area (Å²) in [6.45, 7) is 2.07. The van der Waals surface area contributed by atoms with Crippen LogP contribution in [-0.2, 0) is 4.79 Å². The van der Waals surface area contributed by atoms with E-state index in [9.17, 15) is 9.90 Å². The molecule has 122 valence electrons. The largest absolute Gasteiger partial charge is 0.387 e. The Morgan fingerprint density at radius 1 is 1.26 bits per heavy atom. The van der Waals surface area contributed by atoms with Crippen LogP contribution in [0.15, 0.2) is 42.7 Å². The molecule has 2 aromatic rings. The molecule has 0 bridgehead atoms. The van der Waals surface area contributed by atoms with Gasteiger partial charge in [0.25, 0.3) is 0 Å². The van der Waals surface area contributed by atoms with Crippen LogP contribution in [-0.4, -0.2) is 22.5 Å². The molecule has 0 aliphatic carbocycles. The van der Waals surface area contributed by atoms with Crippen LogP contribution in [0.25, 0.3) is 0 Å². The third-order valence-corrected chi connectivity index (χ3v) is 4.14. The topological polar surface area (TPSA) is 62.2 Å². The number of carbonyl (C=O) groups excluding carboxylic acids is 1. The molecule has 23 heavy (non-hydrogen) atoms. The molecule has 2 rings (SSSR count). The summed E-state index contributed by atoms with van der Waals surface area (Å²) in [7, 11) is 0. The molecule has 6 heteroatoms. The second kappa shape index (κ2) is 8.29. The summed E-state index contributed by atoms with van der Waals surface area (Å²) < 4.78 is 0. The number of aromatic nitrogens is 1. The molecule has 0 aliphatic heterocycles. The number of nitrogens with zero attached hydrogens (tertiary/aromatic N) is 1. The van der Waals surface area contributed by atoms with Crippen LogP contribution < -0.4 is 5.32 Å². The Kier molecular flexibility index (Phi) is 6.39. The van der Waals surface area contributed by atoms with E-state index in [0.29, 0.717) is 22.0 Å². The van der Waals surface area contributed by atoms with E-state index >= 15 is 0 Å². The van der Waals surface area contributed by atoms with Crippen LogP contribution in [0.5, 0.6) is 0 Å². The van der Waals surface area contributed by atoms with E-state index in [2.05, 4.69) is 10.3 Å². The van der Waals surface area contributed by atoms with E-state index in [1.807, 2.05) is 19.1 Å². The maximum atomic E-state index is 12.0. The highest BCUT2D eigenvalue weighted by Gasteiger charge is 2.15. The number of halogens is 2. The summed E-state index contributed by atoms with van der Waals surface area (Å²) in [5.74, 6) is -0.0484. The zero-order valence-corrected chi connectivity index (χ0v) is 14.2. The fraction of sp³-hybridized carbons (Fsp3) is 0.294. The number of pyridine rings is 1. The molecule has 2 atom stereocenters. The minimum absolute atomic E-state index is 0.0780. The van der Waals surface area contributed by atoms with Crippen LogP contribution in [0.2, 0.25) is 10.0 Å². The third kappa shape index (κ3) is 5.20. The van der Waals surface area contributed by atoms with Crippen LogP contribution in [0.1, 0.15) is 36.5 Å². The summed E-state index contributed by atoms with van der Waals surface area (Å²) in [6.07, 6.45) is 2.87. The van der Waals surface area contributed by atoms with Crippen molar-refractivity contribution in [1.29, 1.82) is 0 Å². The highest BCUT2D eigenvalue weighted by atomic mass is 35.5. The fourth-order valence-electron chi connectivity index (χ4n) is 2.25. The van der Waals surface area contributed by atoms with Gasteiger partial charge in [0.1, 0.15) is 0 Å². The van der Waals surface area contributed by atoms with Gasteiger partial charge in [0.05, 0.1) is 6.10 Å². The van der Waals surface area contributed by atoms with Gasteiger partial charge < -0.3 is 10.4 Å². The summed E-state index contributed by atoms with van der Waals surface area (Å²) >= 11 is 11.9. The van der Waals surface area contributed by atoms with Crippen molar-refractivity contribution in [2.24, 2.45) is 0 Å². The van der Waals surface area contributed by atoms with E-state index < -0.39 is 6.10 Å². The summed E-state index contributed by atoms with van der Waals surface area (Å²) in [6, 6.07) is 8.65. The number of aliphatic hydroxyl groups excluding tert-OH is 1. The van der Waals surface area contributed by atoms with Crippen molar-refractivity contribution in [3.63, 3.8) is 0 Å². The van der Waals surface area contributed by atoms with E-state index in [0.717, 1.165) is 5.56 Å². The van der Waals surface area contributed by atoms with Crippen LogP contribution in [0, 0.1) is 0 Å². The quantitative estimate of drug-likeness (QED) is 0.832. The Morgan fingerprint density at radius 2 is 1.96 bits per heavy atom. The van der Waals surface area contributed by atoms with E-state index in [1.54, 1.807) is 30.6 Å². The summed E-state index contributed by atoms with van der Waals surface area (Å²) in [4.78, 5) is 16.0. The van der Waals surface area contributed by atoms with Crippen molar-refractivity contribution < 1.29 is 9.90 Å². The van der Waals surface area contributed by atoms with E-state index in [1.165, 1.54) is 0 Å². The standard InChI is InChI=1S/C17H18Cl2N2O2/c1-11(12-4-6-20-7-5-12)8-17(23)21-10-16(22)14-3-2-13(18)9-15(14)19/h2-7,9,11,16,22H,8,10H2,1H3,(H,21,23)/t11-,16+/m0/s1. The van der Waals surface area contributed by atoms with Gasteiger partial charge in [0.2, 0.25) is 5.91 Å². The molecular weight excluding hydrogens is 335 g/mol. The second-order valence-corrected chi connectivity index (χ2v) is 6.22. The molecule has 0 fully saturated rings. The second-order valence-electron chi connectivity index (χ2n) is 5.37. The highest BCUT2D eigenvalue weighted by Crippen LogP contribution is 2.26. The van der Waals surface area contributed by atoms with Crippen molar-refractivity contribution in [3.8, 4) is 0 Å². The van der Waals surface area contributed by atoms with E-state index in [4.69, 9.17) is 23.2 Å². The Morgan fingerprint density at radius 3 is 2.61 bits per heavy atom. The highest BCUT2D eigenvalue weighted by molar-refractivity contribution is 6.35. The number of rotatable bonds is 6. The normalized spacial score (nSPS) is 13.4. The molecule has 0 aliphatic rings. The lowest BCUT2D eigenvalue weighted by molar-refractivity contribution is -0.121. The maximum Gasteiger partial charge on any atom is 0.220 e. The first kappa shape index (κ1) is 17.7. The molecule has 0 spiro atoms. The van der Waals surface area contributed by atoms with Gasteiger partial charge in [0, 0.05) is 41.0 Å². The first-order valence-electron chi connectivity index (χ1n) is 7.27. The van der Waals surface area contributed by atoms with Gasteiger partial charge in [-0.2, -0.15) is 0 Å². The Hall–Kier alpha value is -1.62. The Bertz CT molecular complexity index is 665. The maximum absolute atomic E-state index is 12.0. The molecule has 0 unspecified atom stereocenters. The minimum Gasteiger partial charge on any atom is -0.387 e. The number of amides is 1. The zero-order valence-electron chi connectivity index (χ0n) is 12.7. The number of nitrogens with one attached hydrogen (secondary N) is 1. The molecule has 0 saturated heterocycles. The lowest BCUT2D eigenvalue weighted by Gasteiger charge is -2.16. The third-order valence-electron chi connectivity index (χ3n) is 3.58. The predicted octanol–water partition coefficient (Wildman–Crippen LogP) is 3.73. The Labute approximate surface area is 145 Å². The molecule has 4 nitrogen and oxygen atoms in total. The summed E-state index contributed by atoms with van der Waals surface area (Å²) in [5, 5.41) is 13.7. The van der Waals surface area contributed by atoms with Crippen molar-refractivity contribution in [1.82, 2.24) is 10.3 Å². The SMILES string of the molecule is C[C@@H](CC(=O)NC[C@@H](O)c1ccc(Cl)cc1Cl)c1ccncc1. The first-order valence-corrected chi connectivity index (χ1v) is 8.02. The van der Waals surface area contributed by atoms with Crippen LogP contribution in [0.4, 0.5) is 0 Å². The van der Waals surface area contributed by atoms with Gasteiger partial charge in [-0.3, -0.25) is 9.78 Å². The van der Waals surface area contributed by atoms with E-state index in [-0.39, 0.29) is 18.4 Å². The van der Waals surface area contributed by atoms with Gasteiger partial charge in [-0.1, -0.05) is 36.2 Å². The van der Waals surface area contributed by atoms with Gasteiger partial charge >= 0.3 is 0 Å². The molecular formula is C17H18Cl2N2O2. The molecule has 1 amide bonds. The number of hydrogen-bond donors (Lipinski definition) is 2. The molecule has 0 saturated carbocycles. The van der Waals surface area contributed by atoms with Crippen molar-refractivity contribution in [2.45, 2.75) is 25.4 Å². The zero-order chi connectivity index (χ0) is 16.8. The average Bonchev–Trinajstić information content (AvgIpc) is 2.53. The minimum atomic E-state index is -0.875. The molecule has 0 radical (unpaired) electrons. The molecule has 2 N–H and O–H groups in total. The number of carbonyl (C=O) groups is 1. The Balaban J connectivity index is 1.86. The summed E-state index contributed by atoms with van der Waals surface area (Å²) in [5.41, 5.74) is 1.59.